The number of carbonyl (C=O) groups excluding carboxylic acids is 2. The van der Waals surface area contributed by atoms with Crippen LogP contribution in [0.15, 0.2) is 42.5 Å². The molecule has 0 spiro atoms. The first-order valence-electron chi connectivity index (χ1n) is 8.39. The van der Waals surface area contributed by atoms with Gasteiger partial charge in [-0.2, -0.15) is 0 Å². The number of methoxy groups -OCH3 is 1. The zero-order valence-electron chi connectivity index (χ0n) is 15.6. The average molecular weight is 355 g/mol. The van der Waals surface area contributed by atoms with Crippen LogP contribution in [-0.2, 0) is 6.42 Å². The summed E-state index contributed by atoms with van der Waals surface area (Å²) >= 11 is 0. The number of nitrogens with zero attached hydrogens (tertiary/aromatic N) is 1. The Labute approximate surface area is 153 Å². The lowest BCUT2D eigenvalue weighted by molar-refractivity contribution is 0.1000. The number of ether oxygens (including phenoxy) is 1. The maximum absolute atomic E-state index is 12.6. The smallest absolute Gasteiger partial charge is 0.321 e. The molecule has 6 nitrogen and oxygen atoms in total. The van der Waals surface area contributed by atoms with Crippen LogP contribution in [0, 0.1) is 6.92 Å². The van der Waals surface area contributed by atoms with Crippen molar-refractivity contribution in [2.24, 2.45) is 5.73 Å². The fourth-order valence-electron chi connectivity index (χ4n) is 2.69. The average Bonchev–Trinajstić information content (AvgIpc) is 2.62. The number of amides is 3. The van der Waals surface area contributed by atoms with Crippen LogP contribution < -0.4 is 15.8 Å². The molecule has 2 rings (SSSR count). The predicted molar refractivity (Wildman–Crippen MR) is 103 cm³/mol. The van der Waals surface area contributed by atoms with Gasteiger partial charge in [0.25, 0.3) is 0 Å². The Bertz CT molecular complexity index is 805. The Hall–Kier alpha value is -3.02. The zero-order valence-corrected chi connectivity index (χ0v) is 15.6. The predicted octanol–water partition coefficient (Wildman–Crippen LogP) is 3.20. The summed E-state index contributed by atoms with van der Waals surface area (Å²) in [5.41, 5.74) is 8.16. The van der Waals surface area contributed by atoms with Crippen molar-refractivity contribution < 1.29 is 14.3 Å². The molecule has 2 aromatic rings. The van der Waals surface area contributed by atoms with Crippen LogP contribution in [0.2, 0.25) is 0 Å². The third-order valence-corrected chi connectivity index (χ3v) is 4.44. The number of nitrogens with two attached hydrogens (primary N) is 1. The van der Waals surface area contributed by atoms with Crippen molar-refractivity contribution in [3.8, 4) is 5.75 Å². The largest absolute Gasteiger partial charge is 0.496 e. The second kappa shape index (κ2) is 8.38. The number of hydrogen-bond acceptors (Lipinski definition) is 3. The Morgan fingerprint density at radius 2 is 1.92 bits per heavy atom. The van der Waals surface area contributed by atoms with E-state index in [1.807, 2.05) is 38.1 Å². The van der Waals surface area contributed by atoms with Gasteiger partial charge in [-0.1, -0.05) is 18.2 Å². The minimum absolute atomic E-state index is 0.0310. The molecular formula is C20H25N3O3. The number of benzene rings is 2. The Morgan fingerprint density at radius 3 is 2.54 bits per heavy atom. The molecular weight excluding hydrogens is 330 g/mol. The molecule has 0 saturated carbocycles. The highest BCUT2D eigenvalue weighted by Crippen LogP contribution is 2.21. The first-order chi connectivity index (χ1) is 12.3. The number of rotatable bonds is 6. The van der Waals surface area contributed by atoms with Crippen LogP contribution in [0.4, 0.5) is 10.5 Å². The number of anilines is 1. The van der Waals surface area contributed by atoms with E-state index in [1.165, 1.54) is 0 Å². The summed E-state index contributed by atoms with van der Waals surface area (Å²) in [7, 11) is 3.39. The molecule has 0 saturated heterocycles. The summed E-state index contributed by atoms with van der Waals surface area (Å²) in [5, 5.41) is 2.88. The summed E-state index contributed by atoms with van der Waals surface area (Å²) in [5.74, 6) is 0.319. The van der Waals surface area contributed by atoms with E-state index in [0.717, 1.165) is 16.9 Å². The second-order valence-corrected chi connectivity index (χ2v) is 6.30. The van der Waals surface area contributed by atoms with Gasteiger partial charge in [0.05, 0.1) is 7.11 Å². The molecule has 0 aromatic heterocycles. The van der Waals surface area contributed by atoms with Gasteiger partial charge in [0, 0.05) is 24.3 Å². The molecule has 0 aliphatic carbocycles. The zero-order chi connectivity index (χ0) is 19.3. The molecule has 0 unspecified atom stereocenters. The molecule has 0 heterocycles. The van der Waals surface area contributed by atoms with E-state index in [2.05, 4.69) is 5.32 Å². The minimum Gasteiger partial charge on any atom is -0.496 e. The number of urea groups is 1. The second-order valence-electron chi connectivity index (χ2n) is 6.30. The van der Waals surface area contributed by atoms with Crippen molar-refractivity contribution in [2.75, 3.05) is 19.5 Å². The summed E-state index contributed by atoms with van der Waals surface area (Å²) < 4.78 is 5.37. The highest BCUT2D eigenvalue weighted by Gasteiger charge is 2.18. The van der Waals surface area contributed by atoms with Crippen molar-refractivity contribution in [3.63, 3.8) is 0 Å². The number of aryl methyl sites for hydroxylation is 1. The highest BCUT2D eigenvalue weighted by molar-refractivity contribution is 5.95. The Morgan fingerprint density at radius 1 is 1.23 bits per heavy atom. The third kappa shape index (κ3) is 4.53. The van der Waals surface area contributed by atoms with E-state index >= 15 is 0 Å². The molecule has 0 aliphatic heterocycles. The number of likely N-dealkylation sites (N-methyl/N-ethyl adjacent to an activating group) is 1. The fraction of sp³-hybridized carbons (Fsp3) is 0.300. The maximum atomic E-state index is 12.6. The van der Waals surface area contributed by atoms with E-state index < -0.39 is 5.91 Å². The summed E-state index contributed by atoms with van der Waals surface area (Å²) in [6.45, 7) is 3.80. The van der Waals surface area contributed by atoms with Crippen molar-refractivity contribution in [3.05, 3.63) is 59.2 Å². The van der Waals surface area contributed by atoms with Crippen molar-refractivity contribution in [1.29, 1.82) is 0 Å². The lowest BCUT2D eigenvalue weighted by atomic mass is 10.1. The molecule has 3 amide bonds. The molecule has 2 aromatic carbocycles. The molecule has 138 valence electrons. The van der Waals surface area contributed by atoms with Crippen LogP contribution in [0.25, 0.3) is 0 Å². The third-order valence-electron chi connectivity index (χ3n) is 4.44. The molecule has 0 fully saturated rings. The van der Waals surface area contributed by atoms with Crippen LogP contribution in [0.5, 0.6) is 5.75 Å². The fourth-order valence-corrected chi connectivity index (χ4v) is 2.69. The standard InChI is InChI=1S/C20H25N3O3/c1-13-11-16(19(21)24)9-10-17(13)22-20(25)23(3)14(2)12-15-7-5-6-8-18(15)26-4/h5-11,14H,12H2,1-4H3,(H2,21,24)(H,22,25)/t14-/m0/s1. The number of para-hydroxylation sites is 1. The highest BCUT2D eigenvalue weighted by atomic mass is 16.5. The first-order valence-corrected chi connectivity index (χ1v) is 8.39. The maximum Gasteiger partial charge on any atom is 0.321 e. The van der Waals surface area contributed by atoms with Crippen LogP contribution in [-0.4, -0.2) is 37.0 Å². The number of primary amides is 1. The lowest BCUT2D eigenvalue weighted by Crippen LogP contribution is -2.39. The summed E-state index contributed by atoms with van der Waals surface area (Å²) in [6.07, 6.45) is 0.674. The van der Waals surface area contributed by atoms with Crippen LogP contribution in [0.1, 0.15) is 28.4 Å². The molecule has 3 N–H and O–H groups in total. The van der Waals surface area contributed by atoms with E-state index in [0.29, 0.717) is 17.7 Å². The van der Waals surface area contributed by atoms with Crippen LogP contribution >= 0.6 is 0 Å². The van der Waals surface area contributed by atoms with E-state index in [1.54, 1.807) is 37.3 Å². The molecule has 0 radical (unpaired) electrons. The quantitative estimate of drug-likeness (QED) is 0.834. The van der Waals surface area contributed by atoms with E-state index in [9.17, 15) is 9.59 Å². The van der Waals surface area contributed by atoms with Crippen molar-refractivity contribution in [2.45, 2.75) is 26.3 Å². The monoisotopic (exact) mass is 355 g/mol. The van der Waals surface area contributed by atoms with Gasteiger partial charge in [-0.25, -0.2) is 4.79 Å². The van der Waals surface area contributed by atoms with Gasteiger partial charge in [0.2, 0.25) is 5.91 Å². The molecule has 0 bridgehead atoms. The van der Waals surface area contributed by atoms with E-state index in [-0.39, 0.29) is 12.1 Å². The number of nitrogens with one attached hydrogen (secondary N) is 1. The molecule has 6 heteroatoms. The minimum atomic E-state index is -0.492. The number of hydrogen-bond donors (Lipinski definition) is 2. The van der Waals surface area contributed by atoms with Crippen LogP contribution in [0.3, 0.4) is 0 Å². The summed E-state index contributed by atoms with van der Waals surface area (Å²) in [4.78, 5) is 25.4. The first kappa shape index (κ1) is 19.3. The topological polar surface area (TPSA) is 84.7 Å². The van der Waals surface area contributed by atoms with Gasteiger partial charge in [-0.05, 0) is 55.7 Å². The molecule has 1 atom stereocenters. The van der Waals surface area contributed by atoms with Gasteiger partial charge in [0.1, 0.15) is 5.75 Å². The normalized spacial score (nSPS) is 11.5. The Balaban J connectivity index is 2.06. The van der Waals surface area contributed by atoms with Gasteiger partial charge in [-0.15, -0.1) is 0 Å². The Kier molecular flexibility index (Phi) is 6.22. The van der Waals surface area contributed by atoms with Gasteiger partial charge >= 0.3 is 6.03 Å². The van der Waals surface area contributed by atoms with Gasteiger partial charge in [0.15, 0.2) is 0 Å². The van der Waals surface area contributed by atoms with Crippen molar-refractivity contribution >= 4 is 17.6 Å². The van der Waals surface area contributed by atoms with E-state index in [4.69, 9.17) is 10.5 Å². The van der Waals surface area contributed by atoms with Crippen molar-refractivity contribution in [1.82, 2.24) is 4.90 Å². The number of carbonyl (C=O) groups is 2. The molecule has 26 heavy (non-hydrogen) atoms. The SMILES string of the molecule is COc1ccccc1C[C@H](C)N(C)C(=O)Nc1ccc(C(N)=O)cc1C. The van der Waals surface area contributed by atoms with Gasteiger partial charge in [-0.3, -0.25) is 4.79 Å². The molecule has 0 aliphatic rings. The lowest BCUT2D eigenvalue weighted by Gasteiger charge is -2.26. The summed E-state index contributed by atoms with van der Waals surface area (Å²) in [6, 6.07) is 12.5. The van der Waals surface area contributed by atoms with Gasteiger partial charge < -0.3 is 20.7 Å².